The van der Waals surface area contributed by atoms with Crippen LogP contribution in [-0.2, 0) is 27.5 Å². The number of benzene rings is 2. The van der Waals surface area contributed by atoms with Crippen LogP contribution < -0.4 is 4.72 Å². The Bertz CT molecular complexity index is 994. The number of carbonyl (C=O) groups is 1. The van der Waals surface area contributed by atoms with Crippen LogP contribution in [0.15, 0.2) is 47.4 Å². The molecular weight excluding hydrogens is 429 g/mol. The van der Waals surface area contributed by atoms with E-state index in [2.05, 4.69) is 4.72 Å². The molecule has 1 amide bonds. The molecule has 0 aliphatic heterocycles. The summed E-state index contributed by atoms with van der Waals surface area (Å²) in [6.07, 6.45) is -4.92. The number of halogens is 4. The van der Waals surface area contributed by atoms with Gasteiger partial charge in [0.25, 0.3) is 0 Å². The number of hydrogen-bond acceptors (Lipinski definition) is 3. The quantitative estimate of drug-likeness (QED) is 0.696. The SMILES string of the molecule is Cc1ccccc1CN(C)C(=O)CCNS(=O)(=O)c1ccc(Cl)c(C(F)(F)F)c1. The van der Waals surface area contributed by atoms with E-state index in [-0.39, 0.29) is 18.9 Å². The number of amides is 1. The Labute approximate surface area is 172 Å². The zero-order valence-electron chi connectivity index (χ0n) is 15.8. The van der Waals surface area contributed by atoms with Gasteiger partial charge in [0.15, 0.2) is 0 Å². The van der Waals surface area contributed by atoms with Crippen molar-refractivity contribution in [3.8, 4) is 0 Å². The maximum atomic E-state index is 12.9. The predicted octanol–water partition coefficient (Wildman–Crippen LogP) is 3.99. The summed E-state index contributed by atoms with van der Waals surface area (Å²) < 4.78 is 65.4. The molecule has 0 bridgehead atoms. The first-order chi connectivity index (χ1) is 13.4. The van der Waals surface area contributed by atoms with Crippen LogP contribution in [-0.4, -0.2) is 32.8 Å². The number of rotatable bonds is 7. The summed E-state index contributed by atoms with van der Waals surface area (Å²) in [7, 11) is -2.63. The van der Waals surface area contributed by atoms with Gasteiger partial charge in [-0.15, -0.1) is 0 Å². The normalized spacial score (nSPS) is 12.1. The molecule has 0 fully saturated rings. The van der Waals surface area contributed by atoms with Crippen molar-refractivity contribution in [2.45, 2.75) is 31.0 Å². The van der Waals surface area contributed by atoms with Gasteiger partial charge in [-0.2, -0.15) is 13.2 Å². The lowest BCUT2D eigenvalue weighted by molar-refractivity contribution is -0.137. The summed E-state index contributed by atoms with van der Waals surface area (Å²) in [6.45, 7) is 2.04. The second-order valence-electron chi connectivity index (χ2n) is 6.46. The van der Waals surface area contributed by atoms with Gasteiger partial charge in [0.2, 0.25) is 15.9 Å². The third kappa shape index (κ3) is 6.19. The average molecular weight is 449 g/mol. The monoisotopic (exact) mass is 448 g/mol. The fraction of sp³-hybridized carbons (Fsp3) is 0.316. The molecule has 0 saturated carbocycles. The number of sulfonamides is 1. The summed E-state index contributed by atoms with van der Waals surface area (Å²) in [5.41, 5.74) is 0.747. The van der Waals surface area contributed by atoms with E-state index in [0.717, 1.165) is 23.3 Å². The lowest BCUT2D eigenvalue weighted by atomic mass is 10.1. The Morgan fingerprint density at radius 2 is 1.83 bits per heavy atom. The van der Waals surface area contributed by atoms with Gasteiger partial charge < -0.3 is 4.90 Å². The largest absolute Gasteiger partial charge is 0.417 e. The van der Waals surface area contributed by atoms with Crippen LogP contribution in [0.3, 0.4) is 0 Å². The summed E-state index contributed by atoms with van der Waals surface area (Å²) in [5, 5.41) is -0.593. The van der Waals surface area contributed by atoms with Crippen molar-refractivity contribution in [1.29, 1.82) is 0 Å². The number of nitrogens with one attached hydrogen (secondary N) is 1. The van der Waals surface area contributed by atoms with E-state index >= 15 is 0 Å². The summed E-state index contributed by atoms with van der Waals surface area (Å²) in [5.74, 6) is -0.303. The zero-order valence-corrected chi connectivity index (χ0v) is 17.3. The maximum absolute atomic E-state index is 12.9. The highest BCUT2D eigenvalue weighted by Crippen LogP contribution is 2.35. The van der Waals surface area contributed by atoms with Crippen LogP contribution >= 0.6 is 11.6 Å². The molecule has 5 nitrogen and oxygen atoms in total. The predicted molar refractivity (Wildman–Crippen MR) is 104 cm³/mol. The van der Waals surface area contributed by atoms with Crippen molar-refractivity contribution >= 4 is 27.5 Å². The van der Waals surface area contributed by atoms with Gasteiger partial charge in [-0.25, -0.2) is 13.1 Å². The average Bonchev–Trinajstić information content (AvgIpc) is 2.62. The van der Waals surface area contributed by atoms with Gasteiger partial charge in [0.05, 0.1) is 15.5 Å². The molecule has 0 atom stereocenters. The molecule has 10 heteroatoms. The fourth-order valence-electron chi connectivity index (χ4n) is 2.59. The molecule has 1 N–H and O–H groups in total. The van der Waals surface area contributed by atoms with Crippen LogP contribution in [0.25, 0.3) is 0 Å². The molecule has 2 aromatic carbocycles. The molecule has 0 unspecified atom stereocenters. The first kappa shape index (κ1) is 23.2. The fourth-order valence-corrected chi connectivity index (χ4v) is 3.87. The third-order valence-electron chi connectivity index (χ3n) is 4.28. The van der Waals surface area contributed by atoms with E-state index in [1.807, 2.05) is 31.2 Å². The van der Waals surface area contributed by atoms with E-state index in [1.54, 1.807) is 7.05 Å². The maximum Gasteiger partial charge on any atom is 0.417 e. The minimum absolute atomic E-state index is 0.138. The zero-order chi connectivity index (χ0) is 21.8. The number of aryl methyl sites for hydroxylation is 1. The number of alkyl halides is 3. The van der Waals surface area contributed by atoms with Crippen molar-refractivity contribution in [3.05, 3.63) is 64.2 Å². The Morgan fingerprint density at radius 1 is 1.17 bits per heavy atom. The van der Waals surface area contributed by atoms with E-state index in [4.69, 9.17) is 11.6 Å². The number of nitrogens with zero attached hydrogens (tertiary/aromatic N) is 1. The molecule has 0 aromatic heterocycles. The van der Waals surface area contributed by atoms with Gasteiger partial charge in [0.1, 0.15) is 0 Å². The number of hydrogen-bond donors (Lipinski definition) is 1. The van der Waals surface area contributed by atoms with Crippen molar-refractivity contribution in [2.24, 2.45) is 0 Å². The summed E-state index contributed by atoms with van der Waals surface area (Å²) >= 11 is 5.50. The van der Waals surface area contributed by atoms with Crippen molar-refractivity contribution < 1.29 is 26.4 Å². The molecule has 158 valence electrons. The van der Waals surface area contributed by atoms with E-state index in [1.165, 1.54) is 4.90 Å². The topological polar surface area (TPSA) is 66.5 Å². The van der Waals surface area contributed by atoms with Crippen LogP contribution in [0.4, 0.5) is 13.2 Å². The Morgan fingerprint density at radius 3 is 2.45 bits per heavy atom. The van der Waals surface area contributed by atoms with Crippen LogP contribution in [0, 0.1) is 6.92 Å². The molecular formula is C19H20ClF3N2O3S. The molecule has 0 aliphatic rings. The molecule has 0 heterocycles. The minimum Gasteiger partial charge on any atom is -0.341 e. The van der Waals surface area contributed by atoms with Crippen LogP contribution in [0.1, 0.15) is 23.1 Å². The molecule has 0 radical (unpaired) electrons. The first-order valence-electron chi connectivity index (χ1n) is 8.56. The third-order valence-corrected chi connectivity index (χ3v) is 6.07. The molecule has 2 rings (SSSR count). The van der Waals surface area contributed by atoms with Crippen LogP contribution in [0.2, 0.25) is 5.02 Å². The minimum atomic E-state index is -4.78. The Balaban J connectivity index is 1.99. The molecule has 0 saturated heterocycles. The highest BCUT2D eigenvalue weighted by molar-refractivity contribution is 7.89. The Kier molecular flexibility index (Phi) is 7.31. The van der Waals surface area contributed by atoms with Crippen molar-refractivity contribution in [1.82, 2.24) is 9.62 Å². The Hall–Kier alpha value is -2.10. The van der Waals surface area contributed by atoms with Crippen LogP contribution in [0.5, 0.6) is 0 Å². The highest BCUT2D eigenvalue weighted by Gasteiger charge is 2.34. The second-order valence-corrected chi connectivity index (χ2v) is 8.64. The summed E-state index contributed by atoms with van der Waals surface area (Å²) in [4.78, 5) is 13.1. The van der Waals surface area contributed by atoms with Crippen molar-refractivity contribution in [3.63, 3.8) is 0 Å². The van der Waals surface area contributed by atoms with E-state index in [0.29, 0.717) is 12.6 Å². The van der Waals surface area contributed by atoms with Gasteiger partial charge in [-0.1, -0.05) is 35.9 Å². The second kappa shape index (κ2) is 9.15. The van der Waals surface area contributed by atoms with Gasteiger partial charge >= 0.3 is 6.18 Å². The van der Waals surface area contributed by atoms with Gasteiger partial charge in [0, 0.05) is 26.6 Å². The number of carbonyl (C=O) groups excluding carboxylic acids is 1. The van der Waals surface area contributed by atoms with Gasteiger partial charge in [-0.05, 0) is 36.2 Å². The molecule has 2 aromatic rings. The lowest BCUT2D eigenvalue weighted by Gasteiger charge is -2.18. The van der Waals surface area contributed by atoms with E-state index < -0.39 is 31.7 Å². The van der Waals surface area contributed by atoms with E-state index in [9.17, 15) is 26.4 Å². The molecule has 0 spiro atoms. The summed E-state index contributed by atoms with van der Waals surface area (Å²) in [6, 6.07) is 9.87. The highest BCUT2D eigenvalue weighted by atomic mass is 35.5. The smallest absolute Gasteiger partial charge is 0.341 e. The lowest BCUT2D eigenvalue weighted by Crippen LogP contribution is -2.32. The standard InChI is InChI=1S/C19H20ClF3N2O3S/c1-13-5-3-4-6-14(13)12-25(2)18(26)9-10-24-29(27,28)15-7-8-17(20)16(11-15)19(21,22)23/h3-8,11,24H,9-10,12H2,1-2H3. The van der Waals surface area contributed by atoms with Crippen molar-refractivity contribution in [2.75, 3.05) is 13.6 Å². The van der Waals surface area contributed by atoms with Gasteiger partial charge in [-0.3, -0.25) is 4.79 Å². The molecule has 29 heavy (non-hydrogen) atoms. The molecule has 0 aliphatic carbocycles. The first-order valence-corrected chi connectivity index (χ1v) is 10.4.